The Balaban J connectivity index is 0.000000165. The fraction of sp³-hybridized carbons (Fsp3) is 0.971. The van der Waals surface area contributed by atoms with Gasteiger partial charge in [-0.2, -0.15) is 0 Å². The minimum atomic E-state index is -0.707. The third-order valence-corrected chi connectivity index (χ3v) is 30.9. The van der Waals surface area contributed by atoms with Crippen LogP contribution >= 0.6 is 51.6 Å². The van der Waals surface area contributed by atoms with E-state index in [4.69, 9.17) is 30.9 Å². The first-order valence-electron chi connectivity index (χ1n) is 34.2. The van der Waals surface area contributed by atoms with Crippen molar-refractivity contribution in [2.24, 2.45) is 126 Å². The molecule has 4 bridgehead atoms. The molecule has 0 radical (unpaired) electrons. The maximum atomic E-state index is 12.7. The standard InChI is InChI=1S/C35H58O5.C24H40O4.C11H19ClO.2HI.V/c1-21(7-12-31(38)40-20-39-30-18-22-13-16-34(30,5)32(22,2)3)26-10-11-27-25-9-8-23-17-24(36)14-15-33(23,4)28(25)19-29(37)35(26,27)6;1-14(4-9-22(27)28)18-7-8-19-17-6-5-15-12-16(25)10-11-23(15,2)20(17)13-21(26)24(18,19)3;1-10(2)8-4-5-11(10,3)9(6-8)13-7-12;;;/h21-30,36-37H,7-20H2,1-6H3;14-21,25-26H,4-13H2,1-3H3,(H,27,28);8-9H,4-7H2,1-3H3;2*1H;/q;;;;;+2/p-2/t21-,22?,23-,24-,25+,26-,27?,28+,29+,30?,33+,34?,35-;14-,15?,16?,17?,18-,19?,20?,21?,23+,24-;;;;/m11..../s1. The van der Waals surface area contributed by atoms with Gasteiger partial charge < -0.3 is 39.7 Å². The number of aliphatic hydroxyl groups is 4. The Bertz CT molecular complexity index is 2260. The van der Waals surface area contributed by atoms with E-state index >= 15 is 0 Å². The van der Waals surface area contributed by atoms with Crippen LogP contribution in [0.5, 0.6) is 0 Å². The average molecular weight is 1460 g/mol. The van der Waals surface area contributed by atoms with Gasteiger partial charge in [-0.1, -0.05) is 94.7 Å². The zero-order valence-electron chi connectivity index (χ0n) is 54.2. The summed E-state index contributed by atoms with van der Waals surface area (Å²) in [5.74, 6) is 7.27. The Labute approximate surface area is 543 Å². The second-order valence-corrected chi connectivity index (χ2v) is 45.5. The molecule has 5 N–H and O–H groups in total. The van der Waals surface area contributed by atoms with Crippen molar-refractivity contribution in [3.63, 3.8) is 0 Å². The van der Waals surface area contributed by atoms with Gasteiger partial charge >= 0.3 is 61.4 Å². The fourth-order valence-corrected chi connectivity index (χ4v) is 24.7. The van der Waals surface area contributed by atoms with Crippen LogP contribution in [0.3, 0.4) is 0 Å². The molecule has 12 saturated carbocycles. The number of hydrogen-bond acceptors (Lipinski definition) is 9. The molecule has 0 aliphatic heterocycles. The topological polar surface area (TPSA) is 163 Å². The number of alkyl halides is 1. The van der Waals surface area contributed by atoms with Crippen molar-refractivity contribution in [3.8, 4) is 0 Å². The molecule has 10 nitrogen and oxygen atoms in total. The van der Waals surface area contributed by atoms with E-state index < -0.39 is 5.97 Å². The molecule has 84 heavy (non-hydrogen) atoms. The van der Waals surface area contributed by atoms with Gasteiger partial charge in [0, 0.05) is 12.8 Å². The molecule has 0 spiro atoms. The maximum absolute atomic E-state index is 12.7. The molecule has 12 rings (SSSR count). The number of carbonyl (C=O) groups excluding carboxylic acids is 1. The van der Waals surface area contributed by atoms with Crippen LogP contribution in [0.4, 0.5) is 0 Å². The molecule has 12 fully saturated rings. The average Bonchev–Trinajstić information content (AvgIpc) is 1.76. The van der Waals surface area contributed by atoms with E-state index in [1.54, 1.807) is 0 Å². The second kappa shape index (κ2) is 26.8. The Morgan fingerprint density at radius 3 is 1.32 bits per heavy atom. The number of carboxylic acid groups (broad SMARTS) is 1. The summed E-state index contributed by atoms with van der Waals surface area (Å²) in [5.41, 5.74) is 1.72. The van der Waals surface area contributed by atoms with Crippen molar-refractivity contribution in [2.75, 3.05) is 12.9 Å². The molecule has 0 amide bonds. The van der Waals surface area contributed by atoms with Crippen molar-refractivity contribution in [1.82, 2.24) is 0 Å². The van der Waals surface area contributed by atoms with Crippen LogP contribution in [0.25, 0.3) is 0 Å². The molecule has 0 saturated heterocycles. The van der Waals surface area contributed by atoms with Crippen molar-refractivity contribution in [1.29, 1.82) is 0 Å². The Kier molecular flexibility index (Phi) is 22.1. The third kappa shape index (κ3) is 12.2. The van der Waals surface area contributed by atoms with Crippen LogP contribution in [0, 0.1) is 126 Å². The summed E-state index contributed by atoms with van der Waals surface area (Å²) in [6.07, 6.45) is 27.0. The van der Waals surface area contributed by atoms with Crippen LogP contribution in [0.1, 0.15) is 250 Å². The molecule has 12 aliphatic rings. The van der Waals surface area contributed by atoms with E-state index in [-0.39, 0.29) is 76.8 Å². The van der Waals surface area contributed by atoms with Crippen molar-refractivity contribution < 1.29 is 58.8 Å². The van der Waals surface area contributed by atoms with Crippen LogP contribution in [-0.4, -0.2) is 87.0 Å². The summed E-state index contributed by atoms with van der Waals surface area (Å²) in [7, 11) is 0.628. The van der Waals surface area contributed by atoms with Crippen LogP contribution < -0.4 is 0 Å². The summed E-state index contributed by atoms with van der Waals surface area (Å²) in [5, 5.41) is 52.9. The number of fused-ring (bicyclic) bond motifs is 14. The number of carboxylic acids is 1. The van der Waals surface area contributed by atoms with Gasteiger partial charge in [0.2, 0.25) is 0 Å². The first-order valence-corrected chi connectivity index (χ1v) is 43.8. The Morgan fingerprint density at radius 1 is 0.524 bits per heavy atom. The number of halogens is 3. The summed E-state index contributed by atoms with van der Waals surface area (Å²) in [6, 6.07) is 0.350. The SMILES string of the molecule is CC1(C)C2CCC1(C)C(OCCl)C2.C[C@H](CCC(=O)O)[C@H]1CCC2C3CCC4CC(O)CC[C@]4(C)C3CC(O)[C@@]21C.C[C@H](CCC(=O)OCOC1CC2CCC1(C)C2(C)C)[C@H]1CCC2[C@@H]3CC[C@@H]4C[C@H](O)CC[C@]4(C)[C@H]3C[C@H](O)[C@@]21C.[I][V][I]. The van der Waals surface area contributed by atoms with Gasteiger partial charge in [0.1, 0.15) is 6.07 Å². The number of hydrogen-bond donors (Lipinski definition) is 5. The van der Waals surface area contributed by atoms with Crippen molar-refractivity contribution >= 4 is 63.5 Å². The molecular formula is C70H117ClI2O10V. The van der Waals surface area contributed by atoms with E-state index in [2.05, 4.69) is 123 Å². The zero-order chi connectivity index (χ0) is 61.3. The third-order valence-electron chi connectivity index (χ3n) is 30.8. The van der Waals surface area contributed by atoms with Crippen LogP contribution in [0.15, 0.2) is 0 Å². The molecule has 26 atom stereocenters. The molecule has 12 aliphatic carbocycles. The molecule has 0 heterocycles. The number of carbonyl (C=O) groups is 2. The zero-order valence-corrected chi connectivity index (χ0v) is 60.7. The number of rotatable bonds is 13. The van der Waals surface area contributed by atoms with Crippen LogP contribution in [0.2, 0.25) is 0 Å². The van der Waals surface area contributed by atoms with E-state index in [0.717, 1.165) is 95.3 Å². The van der Waals surface area contributed by atoms with Gasteiger partial charge in [-0.05, 0) is 280 Å². The Hall–Kier alpha value is 1.03. The van der Waals surface area contributed by atoms with E-state index in [9.17, 15) is 30.0 Å². The minimum absolute atomic E-state index is 0.0591. The first kappa shape index (κ1) is 69.4. The molecule has 14 heteroatoms. The van der Waals surface area contributed by atoms with Crippen molar-refractivity contribution in [3.05, 3.63) is 0 Å². The fourth-order valence-electron chi connectivity index (χ4n) is 24.5. The van der Waals surface area contributed by atoms with E-state index in [0.29, 0.717) is 115 Å². The van der Waals surface area contributed by atoms with E-state index in [1.165, 1.54) is 70.6 Å². The number of esters is 1. The molecule has 0 aromatic carbocycles. The van der Waals surface area contributed by atoms with Gasteiger partial charge in [-0.25, -0.2) is 0 Å². The number of ether oxygens (including phenoxy) is 3. The predicted molar refractivity (Wildman–Crippen MR) is 348 cm³/mol. The second-order valence-electron chi connectivity index (χ2n) is 33.5. The molecule has 0 aromatic rings. The van der Waals surface area contributed by atoms with Gasteiger partial charge in [-0.15, -0.1) is 0 Å². The van der Waals surface area contributed by atoms with Gasteiger partial charge in [-0.3, -0.25) is 9.59 Å². The number of aliphatic hydroxyl groups excluding tert-OH is 4. The summed E-state index contributed by atoms with van der Waals surface area (Å²) in [6.45, 7) is 28.5. The summed E-state index contributed by atoms with van der Waals surface area (Å²) in [4.78, 5) is 23.8. The molecule has 0 aromatic heterocycles. The van der Waals surface area contributed by atoms with E-state index in [1.807, 2.05) is 0 Å². The summed E-state index contributed by atoms with van der Waals surface area (Å²) < 4.78 is 17.4. The summed E-state index contributed by atoms with van der Waals surface area (Å²) >= 11 is 10.4. The predicted octanol–water partition coefficient (Wildman–Crippen LogP) is 16.8. The first-order chi connectivity index (χ1) is 39.4. The van der Waals surface area contributed by atoms with Crippen LogP contribution in [-0.2, 0) is 33.3 Å². The number of aliphatic carboxylic acids is 1. The normalized spacial score (nSPS) is 49.2. The molecular weight excluding hydrogens is 1340 g/mol. The Morgan fingerprint density at radius 2 is 0.940 bits per heavy atom. The van der Waals surface area contributed by atoms with Crippen molar-refractivity contribution in [2.45, 2.75) is 287 Å². The van der Waals surface area contributed by atoms with Gasteiger partial charge in [0.15, 0.2) is 6.79 Å². The molecule has 13 unspecified atom stereocenters. The monoisotopic (exact) mass is 1460 g/mol. The molecule has 483 valence electrons. The van der Waals surface area contributed by atoms with Gasteiger partial charge in [0.25, 0.3) is 0 Å². The van der Waals surface area contributed by atoms with Gasteiger partial charge in [0.05, 0.1) is 36.6 Å². The quantitative estimate of drug-likeness (QED) is 0.0519.